The first-order chi connectivity index (χ1) is 13.7. The van der Waals surface area contributed by atoms with E-state index in [2.05, 4.69) is 20.0 Å². The Bertz CT molecular complexity index is 1070. The van der Waals surface area contributed by atoms with E-state index in [1.807, 2.05) is 19.1 Å². The Morgan fingerprint density at radius 2 is 1.89 bits per heavy atom. The van der Waals surface area contributed by atoms with Crippen LogP contribution in [0.3, 0.4) is 0 Å². The van der Waals surface area contributed by atoms with Gasteiger partial charge in [0, 0.05) is 43.2 Å². The van der Waals surface area contributed by atoms with E-state index in [-0.39, 0.29) is 5.56 Å². The van der Waals surface area contributed by atoms with Crippen molar-refractivity contribution in [1.82, 2.24) is 24.7 Å². The summed E-state index contributed by atoms with van der Waals surface area (Å²) in [4.78, 5) is 27.9. The van der Waals surface area contributed by atoms with Crippen LogP contribution in [0.5, 0.6) is 0 Å². The summed E-state index contributed by atoms with van der Waals surface area (Å²) in [6.45, 7) is 4.49. The molecule has 28 heavy (non-hydrogen) atoms. The Kier molecular flexibility index (Phi) is 4.30. The number of fused-ring (bicyclic) bond motifs is 1. The Balaban J connectivity index is 1.31. The van der Waals surface area contributed by atoms with Crippen molar-refractivity contribution in [3.63, 3.8) is 0 Å². The Morgan fingerprint density at radius 3 is 2.68 bits per heavy atom. The van der Waals surface area contributed by atoms with E-state index in [0.29, 0.717) is 18.4 Å². The lowest BCUT2D eigenvalue weighted by molar-refractivity contribution is 0.333. The zero-order valence-corrected chi connectivity index (χ0v) is 16.1. The van der Waals surface area contributed by atoms with E-state index < -0.39 is 0 Å². The molecule has 0 amide bonds. The molecule has 0 unspecified atom stereocenters. The van der Waals surface area contributed by atoms with Crippen molar-refractivity contribution in [3.8, 4) is 0 Å². The number of rotatable bonds is 4. The smallest absolute Gasteiger partial charge is 0.266 e. The Morgan fingerprint density at radius 1 is 1.07 bits per heavy atom. The number of piperidine rings is 1. The van der Waals surface area contributed by atoms with E-state index in [0.717, 1.165) is 54.2 Å². The second kappa shape index (κ2) is 6.96. The number of nitrogens with zero attached hydrogens (tertiary/aromatic N) is 6. The van der Waals surface area contributed by atoms with Gasteiger partial charge in [0.05, 0.1) is 17.4 Å². The number of aromatic nitrogens is 5. The van der Waals surface area contributed by atoms with Crippen molar-refractivity contribution < 1.29 is 0 Å². The summed E-state index contributed by atoms with van der Waals surface area (Å²) >= 11 is 0. The highest BCUT2D eigenvalue weighted by molar-refractivity contribution is 5.88. The van der Waals surface area contributed by atoms with E-state index in [4.69, 9.17) is 4.98 Å². The van der Waals surface area contributed by atoms with Gasteiger partial charge in [0.15, 0.2) is 0 Å². The third kappa shape index (κ3) is 3.37. The summed E-state index contributed by atoms with van der Waals surface area (Å²) in [7, 11) is 0. The van der Waals surface area contributed by atoms with E-state index >= 15 is 0 Å². The van der Waals surface area contributed by atoms with E-state index in [1.54, 1.807) is 23.1 Å². The molecule has 0 spiro atoms. The first-order valence-corrected chi connectivity index (χ1v) is 10.1. The largest absolute Gasteiger partial charge is 0.356 e. The van der Waals surface area contributed by atoms with Crippen LogP contribution in [0.25, 0.3) is 10.9 Å². The minimum Gasteiger partial charge on any atom is -0.356 e. The molecule has 7 heteroatoms. The van der Waals surface area contributed by atoms with Crippen LogP contribution in [-0.4, -0.2) is 37.8 Å². The van der Waals surface area contributed by atoms with Crippen LogP contribution in [0.1, 0.15) is 43.1 Å². The summed E-state index contributed by atoms with van der Waals surface area (Å²) in [5, 5.41) is 5.67. The van der Waals surface area contributed by atoms with Gasteiger partial charge in [-0.1, -0.05) is 0 Å². The highest BCUT2D eigenvalue weighted by Gasteiger charge is 2.27. The minimum absolute atomic E-state index is 0.0109. The topological polar surface area (TPSA) is 76.8 Å². The van der Waals surface area contributed by atoms with Gasteiger partial charge in [-0.3, -0.25) is 9.78 Å². The fourth-order valence-corrected chi connectivity index (χ4v) is 4.08. The average molecular weight is 376 g/mol. The second-order valence-corrected chi connectivity index (χ2v) is 7.97. The monoisotopic (exact) mass is 376 g/mol. The first kappa shape index (κ1) is 17.3. The lowest BCUT2D eigenvalue weighted by Crippen LogP contribution is -2.37. The molecule has 2 fully saturated rings. The number of aryl methyl sites for hydroxylation is 1. The van der Waals surface area contributed by atoms with Crippen molar-refractivity contribution in [1.29, 1.82) is 0 Å². The quantitative estimate of drug-likeness (QED) is 0.697. The van der Waals surface area contributed by atoms with Gasteiger partial charge in [-0.15, -0.1) is 0 Å². The summed E-state index contributed by atoms with van der Waals surface area (Å²) in [5.74, 6) is 2.80. The molecule has 2 aliphatic rings. The Hall–Kier alpha value is -2.83. The summed E-state index contributed by atoms with van der Waals surface area (Å²) in [6, 6.07) is 5.57. The fourth-order valence-electron chi connectivity index (χ4n) is 4.08. The van der Waals surface area contributed by atoms with E-state index in [9.17, 15) is 4.79 Å². The number of hydrogen-bond acceptors (Lipinski definition) is 6. The molecule has 0 aromatic carbocycles. The second-order valence-electron chi connectivity index (χ2n) is 7.97. The molecule has 3 aromatic heterocycles. The van der Waals surface area contributed by atoms with Gasteiger partial charge >= 0.3 is 0 Å². The molecule has 5 rings (SSSR count). The van der Waals surface area contributed by atoms with Crippen LogP contribution >= 0.6 is 0 Å². The number of hydrogen-bond donors (Lipinski definition) is 0. The number of anilines is 1. The predicted octanol–water partition coefficient (Wildman–Crippen LogP) is 2.68. The fraction of sp³-hybridized carbons (Fsp3) is 0.476. The van der Waals surface area contributed by atoms with Crippen LogP contribution in [0.4, 0.5) is 5.82 Å². The zero-order valence-electron chi connectivity index (χ0n) is 16.1. The number of pyridine rings is 1. The molecule has 7 nitrogen and oxygen atoms in total. The SMILES string of the molecule is Cc1nc(N2CCC(Cn3nc(C4CC4)ccc3=O)CC2)c2ccncc2n1. The van der Waals surface area contributed by atoms with Gasteiger partial charge in [-0.25, -0.2) is 14.6 Å². The third-order valence-corrected chi connectivity index (χ3v) is 5.82. The van der Waals surface area contributed by atoms with Crippen LogP contribution in [0.2, 0.25) is 0 Å². The molecule has 0 radical (unpaired) electrons. The lowest BCUT2D eigenvalue weighted by Gasteiger charge is -2.33. The van der Waals surface area contributed by atoms with Crippen LogP contribution < -0.4 is 10.5 Å². The molecule has 1 aliphatic carbocycles. The summed E-state index contributed by atoms with van der Waals surface area (Å²) < 4.78 is 1.68. The van der Waals surface area contributed by atoms with Crippen LogP contribution in [-0.2, 0) is 6.54 Å². The molecular weight excluding hydrogens is 352 g/mol. The van der Waals surface area contributed by atoms with Gasteiger partial charge in [-0.2, -0.15) is 5.10 Å². The molecule has 144 valence electrons. The Labute approximate surface area is 163 Å². The van der Waals surface area contributed by atoms with Crippen molar-refractivity contribution >= 4 is 16.7 Å². The zero-order chi connectivity index (χ0) is 19.1. The van der Waals surface area contributed by atoms with Gasteiger partial charge < -0.3 is 4.90 Å². The van der Waals surface area contributed by atoms with Crippen molar-refractivity contribution in [2.75, 3.05) is 18.0 Å². The van der Waals surface area contributed by atoms with Crippen molar-refractivity contribution in [3.05, 3.63) is 52.5 Å². The highest BCUT2D eigenvalue weighted by Crippen LogP contribution is 2.38. The maximum absolute atomic E-state index is 12.2. The molecule has 3 aromatic rings. The standard InChI is InChI=1S/C21H24N6O/c1-14-23-19-12-22-9-6-17(19)21(24-14)26-10-7-15(8-11-26)13-27-20(28)5-4-18(25-27)16-2-3-16/h4-6,9,12,15-16H,2-3,7-8,10-11,13H2,1H3. The maximum Gasteiger partial charge on any atom is 0.266 e. The molecule has 1 saturated heterocycles. The summed E-state index contributed by atoms with van der Waals surface area (Å²) in [6.07, 6.45) is 8.04. The molecule has 0 N–H and O–H groups in total. The van der Waals surface area contributed by atoms with Crippen molar-refractivity contribution in [2.45, 2.75) is 45.1 Å². The third-order valence-electron chi connectivity index (χ3n) is 5.82. The molecule has 4 heterocycles. The van der Waals surface area contributed by atoms with Gasteiger partial charge in [0.25, 0.3) is 5.56 Å². The molecule has 1 saturated carbocycles. The van der Waals surface area contributed by atoms with Gasteiger partial charge in [-0.05, 0) is 50.7 Å². The molecule has 0 atom stereocenters. The van der Waals surface area contributed by atoms with Crippen LogP contribution in [0.15, 0.2) is 35.4 Å². The predicted molar refractivity (Wildman–Crippen MR) is 107 cm³/mol. The van der Waals surface area contributed by atoms with Crippen LogP contribution in [0, 0.1) is 12.8 Å². The lowest BCUT2D eigenvalue weighted by atomic mass is 9.96. The molecular formula is C21H24N6O. The normalized spacial score (nSPS) is 18.0. The molecule has 1 aliphatic heterocycles. The maximum atomic E-state index is 12.2. The highest BCUT2D eigenvalue weighted by atomic mass is 16.1. The average Bonchev–Trinajstić information content (AvgIpc) is 3.55. The van der Waals surface area contributed by atoms with Gasteiger partial charge in [0.1, 0.15) is 11.6 Å². The van der Waals surface area contributed by atoms with E-state index in [1.165, 1.54) is 12.8 Å². The summed E-state index contributed by atoms with van der Waals surface area (Å²) in [5.41, 5.74) is 1.98. The molecule has 0 bridgehead atoms. The first-order valence-electron chi connectivity index (χ1n) is 10.1. The minimum atomic E-state index is 0.0109. The van der Waals surface area contributed by atoms with Gasteiger partial charge in [0.2, 0.25) is 0 Å². The van der Waals surface area contributed by atoms with Crippen molar-refractivity contribution in [2.24, 2.45) is 5.92 Å².